The molecule has 0 aliphatic heterocycles. The largest absolute Gasteiger partial charge is 0.497 e. The summed E-state index contributed by atoms with van der Waals surface area (Å²) in [6.07, 6.45) is 0. The van der Waals surface area contributed by atoms with Crippen LogP contribution in [0.25, 0.3) is 11.1 Å². The highest BCUT2D eigenvalue weighted by atomic mass is 35.5. The van der Waals surface area contributed by atoms with Gasteiger partial charge >= 0.3 is 0 Å². The molecule has 5 heteroatoms. The Morgan fingerprint density at radius 3 is 2.45 bits per heavy atom. The van der Waals surface area contributed by atoms with E-state index in [1.165, 1.54) is 0 Å². The zero-order valence-electron chi connectivity index (χ0n) is 11.1. The van der Waals surface area contributed by atoms with Crippen LogP contribution in [-0.2, 0) is 6.54 Å². The molecule has 0 aromatic heterocycles. The second kappa shape index (κ2) is 6.20. The predicted molar refractivity (Wildman–Crippen MR) is 76.1 cm³/mol. The van der Waals surface area contributed by atoms with Crippen molar-refractivity contribution in [3.8, 4) is 16.9 Å². The van der Waals surface area contributed by atoms with E-state index in [1.807, 2.05) is 6.07 Å². The number of hydrogen-bond donors (Lipinski definition) is 1. The van der Waals surface area contributed by atoms with Crippen LogP contribution < -0.4 is 10.1 Å². The van der Waals surface area contributed by atoms with Gasteiger partial charge in [-0.3, -0.25) is 0 Å². The van der Waals surface area contributed by atoms with Gasteiger partial charge in [0.05, 0.1) is 12.1 Å². The average Bonchev–Trinajstić information content (AvgIpc) is 2.43. The molecule has 0 heterocycles. The van der Waals surface area contributed by atoms with Crippen LogP contribution in [0.4, 0.5) is 8.78 Å². The molecule has 106 valence electrons. The van der Waals surface area contributed by atoms with Crippen molar-refractivity contribution >= 4 is 11.6 Å². The number of nitrogens with one attached hydrogen (secondary N) is 1. The van der Waals surface area contributed by atoms with Crippen LogP contribution in [0.3, 0.4) is 0 Å². The molecular weight excluding hydrogens is 284 g/mol. The van der Waals surface area contributed by atoms with Gasteiger partial charge in [0.15, 0.2) is 11.6 Å². The lowest BCUT2D eigenvalue weighted by Crippen LogP contribution is -2.07. The summed E-state index contributed by atoms with van der Waals surface area (Å²) in [5.74, 6) is -1.18. The first-order chi connectivity index (χ1) is 9.56. The van der Waals surface area contributed by atoms with Crippen molar-refractivity contribution < 1.29 is 13.5 Å². The Kier molecular flexibility index (Phi) is 4.57. The van der Waals surface area contributed by atoms with E-state index in [0.717, 1.165) is 23.3 Å². The molecule has 0 atom stereocenters. The van der Waals surface area contributed by atoms with Crippen molar-refractivity contribution in [3.05, 3.63) is 52.6 Å². The van der Waals surface area contributed by atoms with E-state index in [4.69, 9.17) is 16.3 Å². The van der Waals surface area contributed by atoms with Gasteiger partial charge in [-0.2, -0.15) is 0 Å². The number of benzene rings is 2. The lowest BCUT2D eigenvalue weighted by molar-refractivity contribution is 0.414. The minimum absolute atomic E-state index is 0.173. The lowest BCUT2D eigenvalue weighted by Gasteiger charge is -2.13. The van der Waals surface area contributed by atoms with Gasteiger partial charge in [0.1, 0.15) is 5.75 Å². The molecule has 0 bridgehead atoms. The molecule has 20 heavy (non-hydrogen) atoms. The fraction of sp³-hybridized carbons (Fsp3) is 0.200. The predicted octanol–water partition coefficient (Wildman–Crippen LogP) is 4.01. The molecule has 0 saturated heterocycles. The van der Waals surface area contributed by atoms with Gasteiger partial charge in [-0.15, -0.1) is 0 Å². The van der Waals surface area contributed by atoms with E-state index in [2.05, 4.69) is 5.32 Å². The molecule has 2 rings (SSSR count). The molecule has 0 amide bonds. The highest BCUT2D eigenvalue weighted by molar-refractivity contribution is 6.33. The van der Waals surface area contributed by atoms with Crippen molar-refractivity contribution in [1.82, 2.24) is 5.32 Å². The van der Waals surface area contributed by atoms with E-state index >= 15 is 0 Å². The van der Waals surface area contributed by atoms with Gasteiger partial charge in [-0.25, -0.2) is 8.78 Å². The monoisotopic (exact) mass is 297 g/mol. The van der Waals surface area contributed by atoms with E-state index in [9.17, 15) is 8.78 Å². The Morgan fingerprint density at radius 1 is 1.10 bits per heavy atom. The summed E-state index contributed by atoms with van der Waals surface area (Å²) in [7, 11) is 3.37. The summed E-state index contributed by atoms with van der Waals surface area (Å²) >= 11 is 6.02. The summed E-state index contributed by atoms with van der Waals surface area (Å²) in [6.45, 7) is 0.557. The summed E-state index contributed by atoms with van der Waals surface area (Å²) in [6, 6.07) is 7.47. The lowest BCUT2D eigenvalue weighted by atomic mass is 9.99. The molecule has 0 fully saturated rings. The number of halogens is 3. The third-order valence-corrected chi connectivity index (χ3v) is 3.29. The van der Waals surface area contributed by atoms with Crippen LogP contribution in [-0.4, -0.2) is 14.2 Å². The normalized spacial score (nSPS) is 10.7. The fourth-order valence-electron chi connectivity index (χ4n) is 2.03. The Bertz CT molecular complexity index is 632. The molecule has 0 aliphatic carbocycles. The van der Waals surface area contributed by atoms with Crippen molar-refractivity contribution in [2.45, 2.75) is 6.54 Å². The van der Waals surface area contributed by atoms with Gasteiger partial charge in [0.25, 0.3) is 0 Å². The Balaban J connectivity index is 2.59. The van der Waals surface area contributed by atoms with Crippen LogP contribution in [0.2, 0.25) is 5.02 Å². The molecule has 0 radical (unpaired) electrons. The Labute approximate surface area is 121 Å². The fourth-order valence-corrected chi connectivity index (χ4v) is 2.28. The first-order valence-electron chi connectivity index (χ1n) is 6.03. The van der Waals surface area contributed by atoms with Crippen molar-refractivity contribution in [2.24, 2.45) is 0 Å². The highest BCUT2D eigenvalue weighted by Crippen LogP contribution is 2.34. The second-order valence-corrected chi connectivity index (χ2v) is 4.71. The van der Waals surface area contributed by atoms with Gasteiger partial charge < -0.3 is 10.1 Å². The molecule has 0 spiro atoms. The summed E-state index contributed by atoms with van der Waals surface area (Å²) in [4.78, 5) is 0. The number of methoxy groups -OCH3 is 1. The number of hydrogen-bond acceptors (Lipinski definition) is 2. The maximum Gasteiger partial charge on any atom is 0.160 e. The first kappa shape index (κ1) is 14.8. The van der Waals surface area contributed by atoms with Gasteiger partial charge in [-0.05, 0) is 42.4 Å². The zero-order valence-corrected chi connectivity index (χ0v) is 11.9. The summed E-state index contributed by atoms with van der Waals surface area (Å²) < 4.78 is 31.8. The van der Waals surface area contributed by atoms with E-state index in [-0.39, 0.29) is 5.02 Å². The van der Waals surface area contributed by atoms with Gasteiger partial charge in [0, 0.05) is 12.1 Å². The van der Waals surface area contributed by atoms with Crippen molar-refractivity contribution in [3.63, 3.8) is 0 Å². The van der Waals surface area contributed by atoms with Gasteiger partial charge in [-0.1, -0.05) is 17.7 Å². The third kappa shape index (κ3) is 2.92. The maximum atomic E-state index is 13.4. The van der Waals surface area contributed by atoms with Crippen molar-refractivity contribution in [2.75, 3.05) is 14.2 Å². The van der Waals surface area contributed by atoms with Gasteiger partial charge in [0.2, 0.25) is 0 Å². The topological polar surface area (TPSA) is 21.3 Å². The molecule has 1 N–H and O–H groups in total. The molecule has 2 aromatic carbocycles. The van der Waals surface area contributed by atoms with Crippen LogP contribution >= 0.6 is 11.6 Å². The van der Waals surface area contributed by atoms with Crippen LogP contribution in [0.5, 0.6) is 5.75 Å². The van der Waals surface area contributed by atoms with E-state index in [1.54, 1.807) is 26.3 Å². The van der Waals surface area contributed by atoms with Crippen LogP contribution in [0, 0.1) is 11.6 Å². The standard InChI is InChI=1S/C15H14ClF2NO/c1-19-8-9-5-10(20-2)3-4-11(9)12-6-14(17)15(18)7-13(12)16/h3-7,19H,8H2,1-2H3. The summed E-state index contributed by atoms with van der Waals surface area (Å²) in [5.41, 5.74) is 2.09. The number of ether oxygens (including phenoxy) is 1. The maximum absolute atomic E-state index is 13.4. The zero-order chi connectivity index (χ0) is 14.7. The molecule has 0 unspecified atom stereocenters. The molecule has 0 aliphatic rings. The van der Waals surface area contributed by atoms with E-state index < -0.39 is 11.6 Å². The van der Waals surface area contributed by atoms with E-state index in [0.29, 0.717) is 17.9 Å². The molecule has 0 saturated carbocycles. The smallest absolute Gasteiger partial charge is 0.160 e. The van der Waals surface area contributed by atoms with Crippen molar-refractivity contribution in [1.29, 1.82) is 0 Å². The van der Waals surface area contributed by atoms with Crippen LogP contribution in [0.15, 0.2) is 30.3 Å². The Hall–Kier alpha value is -1.65. The summed E-state index contributed by atoms with van der Waals surface area (Å²) in [5, 5.41) is 3.20. The quantitative estimate of drug-likeness (QED) is 0.861. The van der Waals surface area contributed by atoms with Crippen LogP contribution in [0.1, 0.15) is 5.56 Å². The third-order valence-electron chi connectivity index (χ3n) is 2.98. The SMILES string of the molecule is CNCc1cc(OC)ccc1-c1cc(F)c(F)cc1Cl. The molecular formula is C15H14ClF2NO. The highest BCUT2D eigenvalue weighted by Gasteiger charge is 2.13. The minimum Gasteiger partial charge on any atom is -0.497 e. The molecule has 2 aromatic rings. The minimum atomic E-state index is -0.956. The molecule has 2 nitrogen and oxygen atoms in total. The Morgan fingerprint density at radius 2 is 1.80 bits per heavy atom. The second-order valence-electron chi connectivity index (χ2n) is 4.30. The first-order valence-corrected chi connectivity index (χ1v) is 6.41. The number of rotatable bonds is 4. The average molecular weight is 298 g/mol.